The van der Waals surface area contributed by atoms with Gasteiger partial charge in [-0.15, -0.1) is 0 Å². The first-order chi connectivity index (χ1) is 21.8. The molecule has 0 fully saturated rings. The van der Waals surface area contributed by atoms with Crippen LogP contribution in [-0.4, -0.2) is 4.57 Å². The van der Waals surface area contributed by atoms with Gasteiger partial charge in [-0.3, -0.25) is 0 Å². The van der Waals surface area contributed by atoms with Crippen LogP contribution in [0.1, 0.15) is 0 Å². The lowest BCUT2D eigenvalue weighted by Crippen LogP contribution is -2.04. The van der Waals surface area contributed by atoms with E-state index in [1.165, 1.54) is 12.1 Å². The molecule has 0 N–H and O–H groups in total. The minimum atomic E-state index is -2.20. The highest BCUT2D eigenvalue weighted by Gasteiger charge is 2.27. The summed E-state index contributed by atoms with van der Waals surface area (Å²) in [5, 5.41) is 2.93. The van der Waals surface area contributed by atoms with Gasteiger partial charge >= 0.3 is 0 Å². The molecule has 2 aromatic heterocycles. The fraction of sp³-hybridized carbons (Fsp3) is 0. The molecule has 0 amide bonds. The average molecular weight is 601 g/mol. The molecule has 216 valence electrons. The van der Waals surface area contributed by atoms with Crippen LogP contribution in [0, 0.1) is 35.7 Å². The van der Waals surface area contributed by atoms with E-state index in [4.69, 9.17) is 11.0 Å². The summed E-state index contributed by atoms with van der Waals surface area (Å²) in [4.78, 5) is 3.53. The van der Waals surface area contributed by atoms with Crippen LogP contribution < -0.4 is 0 Å². The molecule has 0 saturated carbocycles. The summed E-state index contributed by atoms with van der Waals surface area (Å²) in [6.07, 6.45) is 0. The van der Waals surface area contributed by atoms with Crippen molar-refractivity contribution in [1.82, 2.24) is 4.57 Å². The van der Waals surface area contributed by atoms with Gasteiger partial charge in [0.05, 0.1) is 23.2 Å². The van der Waals surface area contributed by atoms with E-state index in [1.54, 1.807) is 24.3 Å². The monoisotopic (exact) mass is 600 g/mol. The van der Waals surface area contributed by atoms with E-state index >= 15 is 0 Å². The summed E-state index contributed by atoms with van der Waals surface area (Å²) in [5.41, 5.74) is 4.68. The number of furan rings is 1. The second kappa shape index (κ2) is 9.79. The zero-order chi connectivity index (χ0) is 31.0. The molecule has 0 aliphatic heterocycles. The van der Waals surface area contributed by atoms with E-state index in [1.807, 2.05) is 71.3 Å². The number of benzene rings is 6. The van der Waals surface area contributed by atoms with E-state index in [-0.39, 0.29) is 5.56 Å². The first-order valence-electron chi connectivity index (χ1n) is 13.8. The summed E-state index contributed by atoms with van der Waals surface area (Å²) in [5.74, 6) is -9.97. The van der Waals surface area contributed by atoms with Crippen molar-refractivity contribution in [3.63, 3.8) is 0 Å². The molecule has 8 rings (SSSR count). The molecule has 6 aromatic carbocycles. The topological polar surface area (TPSA) is 22.4 Å². The smallest absolute Gasteiger partial charge is 0.200 e. The van der Waals surface area contributed by atoms with Gasteiger partial charge in [-0.1, -0.05) is 42.5 Å². The Morgan fingerprint density at radius 1 is 0.511 bits per heavy atom. The number of hydrogen-bond acceptors (Lipinski definition) is 1. The minimum Gasteiger partial charge on any atom is -0.456 e. The van der Waals surface area contributed by atoms with Crippen LogP contribution in [-0.2, 0) is 0 Å². The van der Waals surface area contributed by atoms with Crippen LogP contribution in [0.4, 0.5) is 27.6 Å². The number of hydrogen-bond donors (Lipinski definition) is 0. The Labute approximate surface area is 251 Å². The van der Waals surface area contributed by atoms with Gasteiger partial charge in [0.15, 0.2) is 29.0 Å². The fourth-order valence-electron chi connectivity index (χ4n) is 6.09. The van der Waals surface area contributed by atoms with E-state index in [9.17, 15) is 22.0 Å². The normalized spacial score (nSPS) is 11.6. The first kappa shape index (κ1) is 26.7. The van der Waals surface area contributed by atoms with Crippen molar-refractivity contribution in [3.8, 4) is 27.9 Å². The Balaban J connectivity index is 1.39. The Morgan fingerprint density at radius 3 is 1.67 bits per heavy atom. The van der Waals surface area contributed by atoms with Crippen LogP contribution in [0.25, 0.3) is 76.5 Å². The summed E-state index contributed by atoms with van der Waals surface area (Å²) < 4.78 is 79.8. The summed E-state index contributed by atoms with van der Waals surface area (Å²) in [6, 6.07) is 30.8. The van der Waals surface area contributed by atoms with Gasteiger partial charge in [0.2, 0.25) is 5.82 Å². The number of aromatic nitrogens is 1. The molecule has 0 radical (unpaired) electrons. The van der Waals surface area contributed by atoms with E-state index in [2.05, 4.69) is 4.85 Å². The molecule has 2 heterocycles. The van der Waals surface area contributed by atoms with Crippen molar-refractivity contribution in [1.29, 1.82) is 0 Å². The highest BCUT2D eigenvalue weighted by Crippen LogP contribution is 2.40. The highest BCUT2D eigenvalue weighted by molar-refractivity contribution is 6.12. The maximum absolute atomic E-state index is 14.9. The molecule has 8 aromatic rings. The largest absolute Gasteiger partial charge is 0.456 e. The molecule has 0 atom stereocenters. The fourth-order valence-corrected chi connectivity index (χ4v) is 6.09. The lowest BCUT2D eigenvalue weighted by molar-refractivity contribution is 0.381. The van der Waals surface area contributed by atoms with E-state index < -0.39 is 34.6 Å². The van der Waals surface area contributed by atoms with Crippen LogP contribution in [0.3, 0.4) is 0 Å². The standard InChI is InChI=1S/C37H17F5N2O/c1-43-22-10-14-31-27(18-22)26-16-20(9-13-30(26)45-31)19-7-11-28-24(15-19)25-17-21(32-33(38)35(40)37(42)36(41)34(32)39)8-12-29(25)44(28)23-5-3-2-4-6-23/h2-18H. The van der Waals surface area contributed by atoms with E-state index in [0.29, 0.717) is 33.1 Å². The zero-order valence-corrected chi connectivity index (χ0v) is 23.0. The predicted octanol–water partition coefficient (Wildman–Crippen LogP) is 11.3. The molecular weight excluding hydrogens is 583 g/mol. The van der Waals surface area contributed by atoms with Crippen molar-refractivity contribution in [2.45, 2.75) is 0 Å². The van der Waals surface area contributed by atoms with Crippen molar-refractivity contribution in [3.05, 3.63) is 144 Å². The second-order valence-electron chi connectivity index (χ2n) is 10.7. The lowest BCUT2D eigenvalue weighted by Gasteiger charge is -2.10. The molecule has 3 nitrogen and oxygen atoms in total. The Bertz CT molecular complexity index is 2530. The van der Waals surface area contributed by atoms with Crippen LogP contribution in [0.15, 0.2) is 108 Å². The maximum atomic E-state index is 14.9. The molecule has 8 heteroatoms. The first-order valence-corrected chi connectivity index (χ1v) is 13.8. The van der Waals surface area contributed by atoms with Gasteiger partial charge in [0.1, 0.15) is 11.2 Å². The second-order valence-corrected chi connectivity index (χ2v) is 10.7. The minimum absolute atomic E-state index is 0.144. The van der Waals surface area contributed by atoms with Crippen LogP contribution in [0.5, 0.6) is 0 Å². The lowest BCUT2D eigenvalue weighted by atomic mass is 9.98. The Morgan fingerprint density at radius 2 is 1.02 bits per heavy atom. The number of rotatable bonds is 3. The predicted molar refractivity (Wildman–Crippen MR) is 165 cm³/mol. The molecule has 0 saturated heterocycles. The SMILES string of the molecule is [C-]#[N+]c1ccc2oc3ccc(-c4ccc5c(c4)c4cc(-c6c(F)c(F)c(F)c(F)c6F)ccc4n5-c4ccccc4)cc3c2c1. The van der Waals surface area contributed by atoms with E-state index in [0.717, 1.165) is 33.1 Å². The third-order valence-corrected chi connectivity index (χ3v) is 8.19. The zero-order valence-electron chi connectivity index (χ0n) is 23.0. The van der Waals surface area contributed by atoms with Gasteiger partial charge in [0, 0.05) is 27.2 Å². The molecule has 0 aliphatic carbocycles. The Hall–Kier alpha value is -5.94. The Kier molecular flexibility index (Phi) is 5.80. The summed E-state index contributed by atoms with van der Waals surface area (Å²) >= 11 is 0. The summed E-state index contributed by atoms with van der Waals surface area (Å²) in [6.45, 7) is 7.38. The average Bonchev–Trinajstić information content (AvgIpc) is 3.61. The molecule has 0 bridgehead atoms. The van der Waals surface area contributed by atoms with Gasteiger partial charge < -0.3 is 8.98 Å². The highest BCUT2D eigenvalue weighted by atomic mass is 19.2. The van der Waals surface area contributed by atoms with Crippen molar-refractivity contribution >= 4 is 49.4 Å². The molecule has 0 unspecified atom stereocenters. The van der Waals surface area contributed by atoms with Gasteiger partial charge in [-0.05, 0) is 77.4 Å². The van der Waals surface area contributed by atoms with Crippen molar-refractivity contribution in [2.24, 2.45) is 0 Å². The number of halogens is 5. The molecular formula is C37H17F5N2O. The maximum Gasteiger partial charge on any atom is 0.200 e. The van der Waals surface area contributed by atoms with Crippen LogP contribution in [0.2, 0.25) is 0 Å². The van der Waals surface area contributed by atoms with Crippen LogP contribution >= 0.6 is 0 Å². The van der Waals surface area contributed by atoms with Gasteiger partial charge in [-0.2, -0.15) is 0 Å². The molecule has 0 aliphatic rings. The van der Waals surface area contributed by atoms with Gasteiger partial charge in [0.25, 0.3) is 0 Å². The van der Waals surface area contributed by atoms with Crippen molar-refractivity contribution < 1.29 is 26.4 Å². The number of fused-ring (bicyclic) bond motifs is 6. The third kappa shape index (κ3) is 3.94. The quantitative estimate of drug-likeness (QED) is 0.0856. The third-order valence-electron chi connectivity index (χ3n) is 8.19. The number of nitrogens with zero attached hydrogens (tertiary/aromatic N) is 2. The molecule has 0 spiro atoms. The van der Waals surface area contributed by atoms with Gasteiger partial charge in [-0.25, -0.2) is 26.8 Å². The van der Waals surface area contributed by atoms with Crippen molar-refractivity contribution in [2.75, 3.05) is 0 Å². The number of para-hydroxylation sites is 1. The summed E-state index contributed by atoms with van der Waals surface area (Å²) in [7, 11) is 0. The molecule has 45 heavy (non-hydrogen) atoms.